The average Bonchev–Trinajstić information content (AvgIpc) is 2.47. The van der Waals surface area contributed by atoms with Crippen LogP contribution in [-0.2, 0) is 6.42 Å². The molecule has 0 heterocycles. The first kappa shape index (κ1) is 15.7. The van der Waals surface area contributed by atoms with Crippen LogP contribution in [0, 0.1) is 11.6 Å². The highest BCUT2D eigenvalue weighted by Gasteiger charge is 2.11. The summed E-state index contributed by atoms with van der Waals surface area (Å²) in [4.78, 5) is 0. The van der Waals surface area contributed by atoms with E-state index in [0.29, 0.717) is 22.8 Å². The standard InChI is InChI=1S/C15H15ClF2N2O/c16-11-2-1-3-13(8-11)21-9-12(20-19)6-10-4-5-14(17)15(18)7-10/h1-5,7-8,12,20H,6,9,19H2. The lowest BCUT2D eigenvalue weighted by atomic mass is 10.1. The van der Waals surface area contributed by atoms with Gasteiger partial charge in [0.25, 0.3) is 0 Å². The molecule has 1 atom stereocenters. The van der Waals surface area contributed by atoms with Crippen molar-refractivity contribution in [3.63, 3.8) is 0 Å². The van der Waals surface area contributed by atoms with E-state index in [1.165, 1.54) is 6.07 Å². The number of halogens is 3. The minimum atomic E-state index is -0.876. The van der Waals surface area contributed by atoms with Gasteiger partial charge in [-0.25, -0.2) is 8.78 Å². The number of benzene rings is 2. The molecule has 0 radical (unpaired) electrons. The predicted octanol–water partition coefficient (Wildman–Crippen LogP) is 3.07. The van der Waals surface area contributed by atoms with Gasteiger partial charge in [0.2, 0.25) is 0 Å². The van der Waals surface area contributed by atoms with Gasteiger partial charge in [-0.1, -0.05) is 23.7 Å². The van der Waals surface area contributed by atoms with Gasteiger partial charge in [0.1, 0.15) is 12.4 Å². The third-order valence-electron chi connectivity index (χ3n) is 2.95. The van der Waals surface area contributed by atoms with Crippen molar-refractivity contribution in [2.75, 3.05) is 6.61 Å². The van der Waals surface area contributed by atoms with Crippen LogP contribution in [0.2, 0.25) is 5.02 Å². The molecular formula is C15H15ClF2N2O. The van der Waals surface area contributed by atoms with E-state index < -0.39 is 11.6 Å². The van der Waals surface area contributed by atoms with E-state index in [1.54, 1.807) is 24.3 Å². The molecule has 0 amide bonds. The zero-order chi connectivity index (χ0) is 15.2. The van der Waals surface area contributed by atoms with Gasteiger partial charge in [-0.3, -0.25) is 11.3 Å². The highest BCUT2D eigenvalue weighted by atomic mass is 35.5. The number of nitrogens with one attached hydrogen (secondary N) is 1. The first-order valence-electron chi connectivity index (χ1n) is 6.37. The van der Waals surface area contributed by atoms with Crippen molar-refractivity contribution in [2.45, 2.75) is 12.5 Å². The molecule has 3 N–H and O–H groups in total. The van der Waals surface area contributed by atoms with Crippen LogP contribution in [0.5, 0.6) is 5.75 Å². The van der Waals surface area contributed by atoms with E-state index in [4.69, 9.17) is 22.2 Å². The van der Waals surface area contributed by atoms with E-state index in [9.17, 15) is 8.78 Å². The summed E-state index contributed by atoms with van der Waals surface area (Å²) in [5.74, 6) is 4.33. The normalized spacial score (nSPS) is 12.2. The topological polar surface area (TPSA) is 47.3 Å². The molecule has 1 unspecified atom stereocenters. The molecule has 0 aromatic heterocycles. The molecule has 3 nitrogen and oxygen atoms in total. The molecule has 6 heteroatoms. The van der Waals surface area contributed by atoms with Crippen LogP contribution < -0.4 is 16.0 Å². The highest BCUT2D eigenvalue weighted by Crippen LogP contribution is 2.17. The number of hydrogen-bond acceptors (Lipinski definition) is 3. The van der Waals surface area contributed by atoms with E-state index in [-0.39, 0.29) is 12.6 Å². The molecule has 112 valence electrons. The Morgan fingerprint density at radius 1 is 1.14 bits per heavy atom. The van der Waals surface area contributed by atoms with E-state index >= 15 is 0 Å². The Morgan fingerprint density at radius 3 is 2.62 bits per heavy atom. The maximum atomic E-state index is 13.2. The molecular weight excluding hydrogens is 298 g/mol. The van der Waals surface area contributed by atoms with Crippen molar-refractivity contribution in [1.82, 2.24) is 5.43 Å². The van der Waals surface area contributed by atoms with Crippen molar-refractivity contribution in [3.05, 3.63) is 64.7 Å². The van der Waals surface area contributed by atoms with Crippen LogP contribution in [0.1, 0.15) is 5.56 Å². The van der Waals surface area contributed by atoms with Crippen LogP contribution in [-0.4, -0.2) is 12.6 Å². The van der Waals surface area contributed by atoms with E-state index in [1.807, 2.05) is 0 Å². The largest absolute Gasteiger partial charge is 0.492 e. The molecule has 0 aliphatic carbocycles. The molecule has 21 heavy (non-hydrogen) atoms. The molecule has 0 aliphatic heterocycles. The average molecular weight is 313 g/mol. The number of ether oxygens (including phenoxy) is 1. The molecule has 0 fully saturated rings. The van der Waals surface area contributed by atoms with Gasteiger partial charge in [-0.2, -0.15) is 0 Å². The molecule has 2 aromatic rings. The van der Waals surface area contributed by atoms with Gasteiger partial charge in [0, 0.05) is 5.02 Å². The first-order valence-corrected chi connectivity index (χ1v) is 6.74. The Hall–Kier alpha value is -1.69. The maximum Gasteiger partial charge on any atom is 0.159 e. The second-order valence-corrected chi connectivity index (χ2v) is 5.02. The maximum absolute atomic E-state index is 13.2. The SMILES string of the molecule is NNC(COc1cccc(Cl)c1)Cc1ccc(F)c(F)c1. The van der Waals surface area contributed by atoms with Crippen molar-refractivity contribution in [1.29, 1.82) is 0 Å². The predicted molar refractivity (Wildman–Crippen MR) is 78.1 cm³/mol. The Balaban J connectivity index is 1.95. The van der Waals surface area contributed by atoms with Crippen molar-refractivity contribution < 1.29 is 13.5 Å². The second kappa shape index (κ2) is 7.36. The first-order chi connectivity index (χ1) is 10.1. The fourth-order valence-electron chi connectivity index (χ4n) is 1.87. The summed E-state index contributed by atoms with van der Waals surface area (Å²) >= 11 is 5.86. The van der Waals surface area contributed by atoms with Crippen LogP contribution in [0.15, 0.2) is 42.5 Å². The molecule has 0 saturated heterocycles. The molecule has 2 rings (SSSR count). The summed E-state index contributed by atoms with van der Waals surface area (Å²) in [6.45, 7) is 0.274. The fraction of sp³-hybridized carbons (Fsp3) is 0.200. The van der Waals surface area contributed by atoms with Gasteiger partial charge >= 0.3 is 0 Å². The molecule has 0 aliphatic rings. The monoisotopic (exact) mass is 312 g/mol. The summed E-state index contributed by atoms with van der Waals surface area (Å²) in [5.41, 5.74) is 3.23. The minimum absolute atomic E-state index is 0.242. The zero-order valence-electron chi connectivity index (χ0n) is 11.2. The van der Waals surface area contributed by atoms with Crippen LogP contribution in [0.3, 0.4) is 0 Å². The Bertz CT molecular complexity index is 610. The number of hydrogen-bond donors (Lipinski definition) is 2. The summed E-state index contributed by atoms with van der Waals surface area (Å²) < 4.78 is 31.6. The summed E-state index contributed by atoms with van der Waals surface area (Å²) in [7, 11) is 0. The molecule has 0 bridgehead atoms. The third-order valence-corrected chi connectivity index (χ3v) is 3.18. The van der Waals surface area contributed by atoms with Gasteiger partial charge in [0.15, 0.2) is 11.6 Å². The minimum Gasteiger partial charge on any atom is -0.492 e. The van der Waals surface area contributed by atoms with Gasteiger partial charge in [-0.15, -0.1) is 0 Å². The van der Waals surface area contributed by atoms with Crippen LogP contribution in [0.25, 0.3) is 0 Å². The van der Waals surface area contributed by atoms with Crippen LogP contribution in [0.4, 0.5) is 8.78 Å². The molecule has 0 saturated carbocycles. The molecule has 2 aromatic carbocycles. The Labute approximate surface area is 126 Å². The summed E-state index contributed by atoms with van der Waals surface area (Å²) in [6, 6.07) is 10.5. The lowest BCUT2D eigenvalue weighted by Crippen LogP contribution is -2.41. The highest BCUT2D eigenvalue weighted by molar-refractivity contribution is 6.30. The second-order valence-electron chi connectivity index (χ2n) is 4.58. The van der Waals surface area contributed by atoms with E-state index in [2.05, 4.69) is 5.43 Å². The van der Waals surface area contributed by atoms with Crippen molar-refractivity contribution in [2.24, 2.45) is 5.84 Å². The van der Waals surface area contributed by atoms with Gasteiger partial charge in [0.05, 0.1) is 6.04 Å². The molecule has 0 spiro atoms. The van der Waals surface area contributed by atoms with Gasteiger partial charge in [-0.05, 0) is 42.3 Å². The smallest absolute Gasteiger partial charge is 0.159 e. The van der Waals surface area contributed by atoms with Crippen molar-refractivity contribution in [3.8, 4) is 5.75 Å². The lowest BCUT2D eigenvalue weighted by molar-refractivity contribution is 0.264. The fourth-order valence-corrected chi connectivity index (χ4v) is 2.05. The quantitative estimate of drug-likeness (QED) is 0.636. The van der Waals surface area contributed by atoms with Gasteiger partial charge < -0.3 is 4.74 Å². The number of nitrogens with two attached hydrogens (primary N) is 1. The van der Waals surface area contributed by atoms with E-state index in [0.717, 1.165) is 12.1 Å². The summed E-state index contributed by atoms with van der Waals surface area (Å²) in [6.07, 6.45) is 0.411. The number of rotatable bonds is 6. The number of hydrazine groups is 1. The Kier molecular flexibility index (Phi) is 5.50. The summed E-state index contributed by atoms with van der Waals surface area (Å²) in [5, 5.41) is 0.574. The third kappa shape index (κ3) is 4.67. The van der Waals surface area contributed by atoms with Crippen molar-refractivity contribution >= 4 is 11.6 Å². The zero-order valence-corrected chi connectivity index (χ0v) is 11.9. The lowest BCUT2D eigenvalue weighted by Gasteiger charge is -2.17. The Morgan fingerprint density at radius 2 is 1.95 bits per heavy atom. The van der Waals surface area contributed by atoms with Crippen LogP contribution >= 0.6 is 11.6 Å².